The molecule has 4 nitrogen and oxygen atoms in total. The molecule has 110 valence electrons. The van der Waals surface area contributed by atoms with Crippen molar-refractivity contribution in [2.75, 3.05) is 19.8 Å². The second-order valence-corrected chi connectivity index (χ2v) is 5.48. The highest BCUT2D eigenvalue weighted by atomic mass is 16.6. The van der Waals surface area contributed by atoms with Crippen LogP contribution < -0.4 is 14.8 Å². The molecule has 3 rings (SSSR count). The van der Waals surface area contributed by atoms with E-state index in [1.165, 1.54) is 5.56 Å². The molecule has 1 saturated heterocycles. The number of ether oxygens (including phenoxy) is 3. The van der Waals surface area contributed by atoms with Crippen LogP contribution in [-0.4, -0.2) is 32.0 Å². The van der Waals surface area contributed by atoms with Crippen molar-refractivity contribution in [3.05, 3.63) is 23.8 Å². The molecule has 4 heteroatoms. The molecule has 0 radical (unpaired) electrons. The fourth-order valence-electron chi connectivity index (χ4n) is 2.81. The smallest absolute Gasteiger partial charge is 0.161 e. The average molecular weight is 277 g/mol. The van der Waals surface area contributed by atoms with Crippen LogP contribution in [0.2, 0.25) is 0 Å². The van der Waals surface area contributed by atoms with Crippen LogP contribution in [0, 0.1) is 0 Å². The molecule has 1 N–H and O–H groups in total. The van der Waals surface area contributed by atoms with Crippen molar-refractivity contribution >= 4 is 0 Å². The maximum absolute atomic E-state index is 5.71. The second kappa shape index (κ2) is 6.46. The fraction of sp³-hybridized carbons (Fsp3) is 0.625. The Balaban J connectivity index is 1.55. The van der Waals surface area contributed by atoms with Gasteiger partial charge in [-0.2, -0.15) is 0 Å². The summed E-state index contributed by atoms with van der Waals surface area (Å²) in [7, 11) is 0. The van der Waals surface area contributed by atoms with Gasteiger partial charge in [-0.25, -0.2) is 0 Å². The Morgan fingerprint density at radius 3 is 2.85 bits per heavy atom. The lowest BCUT2D eigenvalue weighted by Crippen LogP contribution is -2.38. The summed E-state index contributed by atoms with van der Waals surface area (Å²) < 4.78 is 16.9. The Morgan fingerprint density at radius 2 is 2.00 bits per heavy atom. The van der Waals surface area contributed by atoms with E-state index >= 15 is 0 Å². The van der Waals surface area contributed by atoms with Gasteiger partial charge in [0.05, 0.1) is 6.10 Å². The monoisotopic (exact) mass is 277 g/mol. The van der Waals surface area contributed by atoms with Crippen LogP contribution in [0.25, 0.3) is 0 Å². The second-order valence-electron chi connectivity index (χ2n) is 5.48. The highest BCUT2D eigenvalue weighted by molar-refractivity contribution is 5.43. The summed E-state index contributed by atoms with van der Waals surface area (Å²) in [6, 6.07) is 6.75. The van der Waals surface area contributed by atoms with Crippen LogP contribution in [0.15, 0.2) is 18.2 Å². The molecular weight excluding hydrogens is 254 g/mol. The van der Waals surface area contributed by atoms with Crippen molar-refractivity contribution in [1.29, 1.82) is 0 Å². The lowest BCUT2D eigenvalue weighted by atomic mass is 10.0. The summed E-state index contributed by atoms with van der Waals surface area (Å²) in [5.74, 6) is 1.73. The third kappa shape index (κ3) is 3.25. The highest BCUT2D eigenvalue weighted by Crippen LogP contribution is 2.30. The van der Waals surface area contributed by atoms with Crippen molar-refractivity contribution in [2.24, 2.45) is 0 Å². The molecule has 1 aromatic rings. The molecule has 0 saturated carbocycles. The highest BCUT2D eigenvalue weighted by Gasteiger charge is 2.21. The zero-order chi connectivity index (χ0) is 13.8. The minimum atomic E-state index is 0.418. The van der Waals surface area contributed by atoms with Gasteiger partial charge in [-0.1, -0.05) is 13.0 Å². The van der Waals surface area contributed by atoms with Crippen LogP contribution in [0.4, 0.5) is 0 Å². The predicted octanol–water partition coefficient (Wildman–Crippen LogP) is 2.51. The van der Waals surface area contributed by atoms with Crippen LogP contribution in [0.1, 0.15) is 31.7 Å². The van der Waals surface area contributed by atoms with Crippen LogP contribution in [0.3, 0.4) is 0 Å². The predicted molar refractivity (Wildman–Crippen MR) is 77.3 cm³/mol. The lowest BCUT2D eigenvalue weighted by molar-refractivity contribution is -0.000324. The summed E-state index contributed by atoms with van der Waals surface area (Å²) >= 11 is 0. The maximum atomic E-state index is 5.71. The van der Waals surface area contributed by atoms with Crippen molar-refractivity contribution < 1.29 is 14.2 Å². The molecule has 0 aromatic heterocycles. The summed E-state index contributed by atoms with van der Waals surface area (Å²) in [4.78, 5) is 0. The Bertz CT molecular complexity index is 449. The van der Waals surface area contributed by atoms with Gasteiger partial charge in [-0.15, -0.1) is 0 Å². The Labute approximate surface area is 120 Å². The molecule has 2 heterocycles. The van der Waals surface area contributed by atoms with Gasteiger partial charge in [-0.05, 0) is 37.0 Å². The number of rotatable bonds is 4. The van der Waals surface area contributed by atoms with E-state index in [1.54, 1.807) is 0 Å². The fourth-order valence-corrected chi connectivity index (χ4v) is 2.81. The summed E-state index contributed by atoms with van der Waals surface area (Å²) in [5.41, 5.74) is 1.24. The molecule has 1 aromatic carbocycles. The van der Waals surface area contributed by atoms with Crippen molar-refractivity contribution in [3.8, 4) is 11.5 Å². The standard InChI is InChI=1S/C16H23NO3/c1-2-14-10-13(5-6-18-14)17-11-12-3-4-15-16(9-12)20-8-7-19-15/h3-4,9,13-14,17H,2,5-8,10-11H2,1H3. The van der Waals surface area contributed by atoms with E-state index in [4.69, 9.17) is 14.2 Å². The molecular formula is C16H23NO3. The number of fused-ring (bicyclic) bond motifs is 1. The molecule has 0 bridgehead atoms. The lowest BCUT2D eigenvalue weighted by Gasteiger charge is -2.29. The van der Waals surface area contributed by atoms with Gasteiger partial charge in [0.25, 0.3) is 0 Å². The summed E-state index contributed by atoms with van der Waals surface area (Å²) in [5, 5.41) is 3.63. The van der Waals surface area contributed by atoms with Gasteiger partial charge in [0.1, 0.15) is 13.2 Å². The normalized spacial score (nSPS) is 25.4. The Morgan fingerprint density at radius 1 is 1.15 bits per heavy atom. The van der Waals surface area contributed by atoms with E-state index in [0.717, 1.165) is 43.9 Å². The maximum Gasteiger partial charge on any atom is 0.161 e. The first-order valence-electron chi connectivity index (χ1n) is 7.58. The summed E-state index contributed by atoms with van der Waals surface area (Å²) in [6.07, 6.45) is 3.73. The molecule has 2 aliphatic rings. The van der Waals surface area contributed by atoms with Gasteiger partial charge < -0.3 is 19.5 Å². The molecule has 20 heavy (non-hydrogen) atoms. The van der Waals surface area contributed by atoms with E-state index in [0.29, 0.717) is 25.4 Å². The number of hydrogen-bond donors (Lipinski definition) is 1. The van der Waals surface area contributed by atoms with E-state index in [9.17, 15) is 0 Å². The molecule has 0 aliphatic carbocycles. The number of benzene rings is 1. The van der Waals surface area contributed by atoms with E-state index in [-0.39, 0.29) is 0 Å². The topological polar surface area (TPSA) is 39.7 Å². The van der Waals surface area contributed by atoms with E-state index in [2.05, 4.69) is 24.4 Å². The van der Waals surface area contributed by atoms with Gasteiger partial charge >= 0.3 is 0 Å². The van der Waals surface area contributed by atoms with Crippen LogP contribution >= 0.6 is 0 Å². The minimum absolute atomic E-state index is 0.418. The molecule has 0 spiro atoms. The van der Waals surface area contributed by atoms with Crippen molar-refractivity contribution in [3.63, 3.8) is 0 Å². The van der Waals surface area contributed by atoms with Gasteiger partial charge in [0, 0.05) is 19.2 Å². The van der Waals surface area contributed by atoms with Crippen LogP contribution in [0.5, 0.6) is 11.5 Å². The average Bonchev–Trinajstić information content (AvgIpc) is 2.53. The molecule has 2 unspecified atom stereocenters. The first kappa shape index (κ1) is 13.7. The van der Waals surface area contributed by atoms with Crippen molar-refractivity contribution in [2.45, 2.75) is 44.9 Å². The third-order valence-corrected chi connectivity index (χ3v) is 4.02. The minimum Gasteiger partial charge on any atom is -0.486 e. The number of hydrogen-bond acceptors (Lipinski definition) is 4. The van der Waals surface area contributed by atoms with Gasteiger partial charge in [0.2, 0.25) is 0 Å². The molecule has 2 atom stereocenters. The Kier molecular flexibility index (Phi) is 4.43. The molecule has 1 fully saturated rings. The molecule has 2 aliphatic heterocycles. The quantitative estimate of drug-likeness (QED) is 0.918. The summed E-state index contributed by atoms with van der Waals surface area (Å²) in [6.45, 7) is 5.22. The van der Waals surface area contributed by atoms with E-state index in [1.807, 2.05) is 6.07 Å². The van der Waals surface area contributed by atoms with Crippen molar-refractivity contribution in [1.82, 2.24) is 5.32 Å². The third-order valence-electron chi connectivity index (χ3n) is 4.02. The van der Waals surface area contributed by atoms with Crippen LogP contribution in [-0.2, 0) is 11.3 Å². The SMILES string of the molecule is CCC1CC(NCc2ccc3c(c2)OCCO3)CCO1. The first-order chi connectivity index (χ1) is 9.85. The number of nitrogens with one attached hydrogen (secondary N) is 1. The molecule has 0 amide bonds. The first-order valence-corrected chi connectivity index (χ1v) is 7.58. The van der Waals surface area contributed by atoms with E-state index < -0.39 is 0 Å². The largest absolute Gasteiger partial charge is 0.486 e. The van der Waals surface area contributed by atoms with Gasteiger partial charge in [-0.3, -0.25) is 0 Å². The van der Waals surface area contributed by atoms with Gasteiger partial charge in [0.15, 0.2) is 11.5 Å². The Hall–Kier alpha value is -1.26. The zero-order valence-electron chi connectivity index (χ0n) is 12.1. The zero-order valence-corrected chi connectivity index (χ0v) is 12.1.